The normalized spacial score (nSPS) is 15.1. The molecule has 0 radical (unpaired) electrons. The quantitative estimate of drug-likeness (QED) is 0.312. The third kappa shape index (κ3) is 4.27. The SMILES string of the molecule is COCCN1CCC(c2ccc(Nc3ncc(-c4ccc5c(O)[nH]cc5c4)n4ncnc34)cc2)CC1. The van der Waals surface area contributed by atoms with Crippen molar-refractivity contribution >= 4 is 27.9 Å². The predicted molar refractivity (Wildman–Crippen MR) is 140 cm³/mol. The smallest absolute Gasteiger partial charge is 0.199 e. The Kier molecular flexibility index (Phi) is 6.00. The molecule has 0 spiro atoms. The molecule has 1 aliphatic heterocycles. The van der Waals surface area contributed by atoms with Gasteiger partial charge in [-0.2, -0.15) is 5.10 Å². The Morgan fingerprint density at radius 2 is 1.94 bits per heavy atom. The summed E-state index contributed by atoms with van der Waals surface area (Å²) in [6.07, 6.45) is 7.46. The molecule has 3 aromatic heterocycles. The van der Waals surface area contributed by atoms with Crippen LogP contribution in [0.4, 0.5) is 11.5 Å². The second-order valence-electron chi connectivity index (χ2n) is 9.28. The van der Waals surface area contributed by atoms with Gasteiger partial charge in [0.05, 0.1) is 18.5 Å². The number of piperidine rings is 1. The van der Waals surface area contributed by atoms with E-state index in [9.17, 15) is 5.11 Å². The summed E-state index contributed by atoms with van der Waals surface area (Å²) >= 11 is 0. The molecule has 2 aromatic carbocycles. The van der Waals surface area contributed by atoms with Crippen LogP contribution < -0.4 is 5.32 Å². The first kappa shape index (κ1) is 22.5. The Morgan fingerprint density at radius 1 is 1.11 bits per heavy atom. The van der Waals surface area contributed by atoms with Gasteiger partial charge in [0.1, 0.15) is 6.33 Å². The molecule has 0 amide bonds. The van der Waals surface area contributed by atoms with E-state index in [4.69, 9.17) is 4.74 Å². The first-order valence-corrected chi connectivity index (χ1v) is 12.3. The molecule has 0 bridgehead atoms. The van der Waals surface area contributed by atoms with Crippen molar-refractivity contribution in [2.24, 2.45) is 0 Å². The zero-order valence-electron chi connectivity index (χ0n) is 20.2. The average Bonchev–Trinajstić information content (AvgIpc) is 3.56. The maximum atomic E-state index is 9.91. The van der Waals surface area contributed by atoms with Crippen molar-refractivity contribution in [3.63, 3.8) is 0 Å². The van der Waals surface area contributed by atoms with Crippen molar-refractivity contribution in [2.75, 3.05) is 38.7 Å². The molecule has 36 heavy (non-hydrogen) atoms. The lowest BCUT2D eigenvalue weighted by molar-refractivity contribution is 0.130. The van der Waals surface area contributed by atoms with E-state index >= 15 is 0 Å². The molecule has 4 heterocycles. The van der Waals surface area contributed by atoms with Crippen LogP contribution in [0.5, 0.6) is 5.88 Å². The highest BCUT2D eigenvalue weighted by Gasteiger charge is 2.20. The van der Waals surface area contributed by atoms with Crippen LogP contribution in [0.25, 0.3) is 27.7 Å². The van der Waals surface area contributed by atoms with E-state index < -0.39 is 0 Å². The molecule has 1 fully saturated rings. The lowest BCUT2D eigenvalue weighted by Crippen LogP contribution is -2.35. The van der Waals surface area contributed by atoms with Gasteiger partial charge in [0.2, 0.25) is 0 Å². The van der Waals surface area contributed by atoms with Gasteiger partial charge in [-0.3, -0.25) is 0 Å². The minimum absolute atomic E-state index is 0.165. The van der Waals surface area contributed by atoms with Crippen LogP contribution in [0.15, 0.2) is 61.2 Å². The van der Waals surface area contributed by atoms with Gasteiger partial charge >= 0.3 is 0 Å². The van der Waals surface area contributed by atoms with Gasteiger partial charge in [-0.1, -0.05) is 18.2 Å². The van der Waals surface area contributed by atoms with Crippen LogP contribution in [-0.2, 0) is 4.74 Å². The fourth-order valence-electron chi connectivity index (χ4n) is 5.07. The Bertz CT molecular complexity index is 1480. The Balaban J connectivity index is 1.19. The van der Waals surface area contributed by atoms with Gasteiger partial charge in [0, 0.05) is 41.9 Å². The Labute approximate surface area is 208 Å². The molecule has 0 aliphatic carbocycles. The number of benzene rings is 2. The van der Waals surface area contributed by atoms with E-state index in [1.54, 1.807) is 24.0 Å². The number of aromatic amines is 1. The number of aromatic hydroxyl groups is 1. The second-order valence-corrected chi connectivity index (χ2v) is 9.28. The highest BCUT2D eigenvalue weighted by atomic mass is 16.5. The lowest BCUT2D eigenvalue weighted by atomic mass is 9.89. The van der Waals surface area contributed by atoms with Crippen LogP contribution in [0.3, 0.4) is 0 Å². The summed E-state index contributed by atoms with van der Waals surface area (Å²) < 4.78 is 7.00. The van der Waals surface area contributed by atoms with Crippen molar-refractivity contribution in [2.45, 2.75) is 18.8 Å². The number of hydrogen-bond acceptors (Lipinski definition) is 7. The molecular weight excluding hydrogens is 454 g/mol. The monoisotopic (exact) mass is 483 g/mol. The number of hydrogen-bond donors (Lipinski definition) is 3. The summed E-state index contributed by atoms with van der Waals surface area (Å²) in [4.78, 5) is 14.5. The predicted octanol–water partition coefficient (Wildman–Crippen LogP) is 4.55. The highest BCUT2D eigenvalue weighted by Crippen LogP contribution is 2.31. The number of fused-ring (bicyclic) bond motifs is 2. The number of ether oxygens (including phenoxy) is 1. The molecule has 1 aliphatic rings. The van der Waals surface area contributed by atoms with E-state index in [1.807, 2.05) is 18.2 Å². The largest absolute Gasteiger partial charge is 0.494 e. The van der Waals surface area contributed by atoms with Crippen LogP contribution in [0, 0.1) is 0 Å². The van der Waals surface area contributed by atoms with Crippen molar-refractivity contribution in [3.05, 3.63) is 66.7 Å². The number of anilines is 2. The van der Waals surface area contributed by atoms with Crippen molar-refractivity contribution in [1.82, 2.24) is 29.5 Å². The van der Waals surface area contributed by atoms with Crippen LogP contribution in [0.1, 0.15) is 24.3 Å². The van der Waals surface area contributed by atoms with E-state index in [0.717, 1.165) is 54.0 Å². The first-order valence-electron chi connectivity index (χ1n) is 12.3. The minimum Gasteiger partial charge on any atom is -0.494 e. The van der Waals surface area contributed by atoms with Gasteiger partial charge in [-0.25, -0.2) is 14.5 Å². The summed E-state index contributed by atoms with van der Waals surface area (Å²) in [5.41, 5.74) is 4.76. The van der Waals surface area contributed by atoms with E-state index in [2.05, 4.69) is 54.5 Å². The van der Waals surface area contributed by atoms with Crippen LogP contribution in [-0.4, -0.2) is 67.9 Å². The fraction of sp³-hybridized carbons (Fsp3) is 0.296. The summed E-state index contributed by atoms with van der Waals surface area (Å²) in [5, 5.41) is 19.5. The highest BCUT2D eigenvalue weighted by molar-refractivity contribution is 5.91. The number of rotatable bonds is 7. The minimum atomic E-state index is 0.165. The second kappa shape index (κ2) is 9.60. The number of nitrogens with zero attached hydrogens (tertiary/aromatic N) is 5. The van der Waals surface area contributed by atoms with Gasteiger partial charge in [0.15, 0.2) is 17.3 Å². The molecule has 9 nitrogen and oxygen atoms in total. The van der Waals surface area contributed by atoms with Crippen LogP contribution in [0.2, 0.25) is 0 Å². The first-order chi connectivity index (χ1) is 17.7. The number of methoxy groups -OCH3 is 1. The molecule has 9 heteroatoms. The third-order valence-electron chi connectivity index (χ3n) is 7.11. The van der Waals surface area contributed by atoms with Gasteiger partial charge < -0.3 is 25.0 Å². The number of aromatic nitrogens is 5. The third-order valence-corrected chi connectivity index (χ3v) is 7.11. The van der Waals surface area contributed by atoms with E-state index in [1.165, 1.54) is 24.7 Å². The van der Waals surface area contributed by atoms with E-state index in [-0.39, 0.29) is 5.88 Å². The molecule has 1 saturated heterocycles. The molecule has 6 rings (SSSR count). The molecule has 0 atom stereocenters. The Morgan fingerprint density at radius 3 is 2.75 bits per heavy atom. The molecule has 3 N–H and O–H groups in total. The molecule has 184 valence electrons. The number of nitrogens with one attached hydrogen (secondary N) is 2. The standard InChI is InChI=1S/C27H29N7O2/c1-36-13-12-33-10-8-19(9-11-33)18-2-5-22(6-3-18)32-25-26-30-17-31-34(26)24(16-28-25)20-4-7-23-21(14-20)15-29-27(23)35/h2-7,14-17,19,29,35H,8-13H2,1H3,(H,28,32). The zero-order valence-corrected chi connectivity index (χ0v) is 20.2. The Hall–Kier alpha value is -3.95. The van der Waals surface area contributed by atoms with Gasteiger partial charge in [-0.15, -0.1) is 0 Å². The molecular formula is C27H29N7O2. The number of likely N-dealkylation sites (tertiary alicyclic amines) is 1. The molecule has 5 aromatic rings. The van der Waals surface area contributed by atoms with Gasteiger partial charge in [0.25, 0.3) is 0 Å². The summed E-state index contributed by atoms with van der Waals surface area (Å²) in [6, 6.07) is 14.5. The number of H-pyrrole nitrogens is 1. The molecule has 0 unspecified atom stereocenters. The van der Waals surface area contributed by atoms with Crippen molar-refractivity contribution < 1.29 is 9.84 Å². The van der Waals surface area contributed by atoms with Crippen molar-refractivity contribution in [1.29, 1.82) is 0 Å². The van der Waals surface area contributed by atoms with Crippen molar-refractivity contribution in [3.8, 4) is 17.1 Å². The zero-order chi connectivity index (χ0) is 24.5. The summed E-state index contributed by atoms with van der Waals surface area (Å²) in [5.74, 6) is 1.41. The fourth-order valence-corrected chi connectivity index (χ4v) is 5.07. The maximum absolute atomic E-state index is 9.91. The summed E-state index contributed by atoms with van der Waals surface area (Å²) in [7, 11) is 1.76. The van der Waals surface area contributed by atoms with E-state index in [0.29, 0.717) is 17.4 Å². The van der Waals surface area contributed by atoms with Gasteiger partial charge in [-0.05, 0) is 61.7 Å². The summed E-state index contributed by atoms with van der Waals surface area (Å²) in [6.45, 7) is 4.05. The lowest BCUT2D eigenvalue weighted by Gasteiger charge is -2.32. The maximum Gasteiger partial charge on any atom is 0.199 e. The topological polar surface area (TPSA) is 104 Å². The van der Waals surface area contributed by atoms with Crippen LogP contribution >= 0.6 is 0 Å². The average molecular weight is 484 g/mol. The molecule has 0 saturated carbocycles.